The van der Waals surface area contributed by atoms with Crippen molar-refractivity contribution < 1.29 is 4.79 Å². The third-order valence-corrected chi connectivity index (χ3v) is 1.61. The van der Waals surface area contributed by atoms with Crippen LogP contribution in [0.5, 0.6) is 0 Å². The van der Waals surface area contributed by atoms with Crippen molar-refractivity contribution in [1.82, 2.24) is 10.3 Å². The van der Waals surface area contributed by atoms with Gasteiger partial charge in [-0.25, -0.2) is 4.98 Å². The summed E-state index contributed by atoms with van der Waals surface area (Å²) in [4.78, 5) is 15.4. The van der Waals surface area contributed by atoms with Crippen LogP contribution in [0.2, 0.25) is 0 Å². The summed E-state index contributed by atoms with van der Waals surface area (Å²) in [7, 11) is 0. The van der Waals surface area contributed by atoms with Crippen LogP contribution >= 0.6 is 0 Å². The van der Waals surface area contributed by atoms with E-state index in [0.717, 1.165) is 0 Å². The van der Waals surface area contributed by atoms with E-state index in [1.54, 1.807) is 25.3 Å². The molecule has 1 N–H and O–H groups in total. The molecule has 0 bridgehead atoms. The standard InChI is InChI=1S/C11H12N2O/c1-3-5-10-8-9(6-7-13-10)11(14)12-4-2/h6-8H,4H2,1-2H3,(H,12,14). The fourth-order valence-corrected chi connectivity index (χ4v) is 1.03. The number of nitrogens with one attached hydrogen (secondary N) is 1. The van der Waals surface area contributed by atoms with Crippen LogP contribution in [0.15, 0.2) is 18.3 Å². The van der Waals surface area contributed by atoms with Crippen LogP contribution in [0.4, 0.5) is 0 Å². The molecular formula is C11H12N2O. The third kappa shape index (κ3) is 2.60. The highest BCUT2D eigenvalue weighted by atomic mass is 16.1. The van der Waals surface area contributed by atoms with Crippen molar-refractivity contribution in [3.05, 3.63) is 29.6 Å². The Bertz CT molecular complexity index is 388. The molecule has 14 heavy (non-hydrogen) atoms. The molecule has 0 saturated carbocycles. The Morgan fingerprint density at radius 3 is 3.07 bits per heavy atom. The zero-order valence-corrected chi connectivity index (χ0v) is 8.29. The first-order chi connectivity index (χ1) is 6.77. The molecule has 1 aromatic rings. The van der Waals surface area contributed by atoms with Gasteiger partial charge in [0.2, 0.25) is 0 Å². The van der Waals surface area contributed by atoms with Gasteiger partial charge in [0.05, 0.1) is 0 Å². The van der Waals surface area contributed by atoms with Crippen LogP contribution in [-0.2, 0) is 0 Å². The minimum atomic E-state index is -0.0888. The summed E-state index contributed by atoms with van der Waals surface area (Å²) < 4.78 is 0. The maximum atomic E-state index is 11.4. The number of carbonyl (C=O) groups is 1. The molecule has 3 heteroatoms. The van der Waals surface area contributed by atoms with Crippen LogP contribution in [0, 0.1) is 11.8 Å². The zero-order chi connectivity index (χ0) is 10.4. The Kier molecular flexibility index (Phi) is 3.69. The van der Waals surface area contributed by atoms with Gasteiger partial charge < -0.3 is 5.32 Å². The molecule has 0 atom stereocenters. The minimum absolute atomic E-state index is 0.0888. The summed E-state index contributed by atoms with van der Waals surface area (Å²) in [6.45, 7) is 4.24. The van der Waals surface area contributed by atoms with E-state index < -0.39 is 0 Å². The molecule has 0 aliphatic rings. The lowest BCUT2D eigenvalue weighted by molar-refractivity contribution is 0.0955. The second-order valence-electron chi connectivity index (χ2n) is 2.66. The van der Waals surface area contributed by atoms with Crippen molar-refractivity contribution in [2.75, 3.05) is 6.54 Å². The maximum absolute atomic E-state index is 11.4. The van der Waals surface area contributed by atoms with E-state index in [0.29, 0.717) is 17.8 Å². The molecule has 0 aliphatic heterocycles. The van der Waals surface area contributed by atoms with E-state index in [-0.39, 0.29) is 5.91 Å². The fraction of sp³-hybridized carbons (Fsp3) is 0.273. The Morgan fingerprint density at radius 2 is 2.43 bits per heavy atom. The van der Waals surface area contributed by atoms with Gasteiger partial charge in [-0.15, -0.1) is 0 Å². The average Bonchev–Trinajstić information content (AvgIpc) is 2.19. The van der Waals surface area contributed by atoms with Gasteiger partial charge in [0.1, 0.15) is 5.69 Å². The number of aromatic nitrogens is 1. The Morgan fingerprint density at radius 1 is 1.64 bits per heavy atom. The molecule has 1 amide bonds. The minimum Gasteiger partial charge on any atom is -0.352 e. The largest absolute Gasteiger partial charge is 0.352 e. The van der Waals surface area contributed by atoms with E-state index in [2.05, 4.69) is 22.1 Å². The van der Waals surface area contributed by atoms with Gasteiger partial charge in [-0.3, -0.25) is 4.79 Å². The molecule has 0 aliphatic carbocycles. The normalized spacial score (nSPS) is 8.71. The van der Waals surface area contributed by atoms with Crippen molar-refractivity contribution in [1.29, 1.82) is 0 Å². The molecule has 0 saturated heterocycles. The summed E-state index contributed by atoms with van der Waals surface area (Å²) in [6.07, 6.45) is 1.59. The van der Waals surface area contributed by atoms with E-state index >= 15 is 0 Å². The first kappa shape index (κ1) is 10.3. The van der Waals surface area contributed by atoms with E-state index in [4.69, 9.17) is 0 Å². The van der Waals surface area contributed by atoms with Crippen LogP contribution in [0.1, 0.15) is 29.9 Å². The maximum Gasteiger partial charge on any atom is 0.251 e. The number of hydrogen-bond donors (Lipinski definition) is 1. The molecule has 0 radical (unpaired) electrons. The van der Waals surface area contributed by atoms with Gasteiger partial charge in [0.15, 0.2) is 0 Å². The van der Waals surface area contributed by atoms with Crippen LogP contribution in [0.25, 0.3) is 0 Å². The van der Waals surface area contributed by atoms with Crippen LogP contribution in [-0.4, -0.2) is 17.4 Å². The van der Waals surface area contributed by atoms with Gasteiger partial charge >= 0.3 is 0 Å². The van der Waals surface area contributed by atoms with E-state index in [1.807, 2.05) is 6.92 Å². The molecule has 1 aromatic heterocycles. The molecule has 1 heterocycles. The van der Waals surface area contributed by atoms with Crippen LogP contribution in [0.3, 0.4) is 0 Å². The van der Waals surface area contributed by atoms with Crippen molar-refractivity contribution in [2.45, 2.75) is 13.8 Å². The van der Waals surface area contributed by atoms with Crippen molar-refractivity contribution in [3.63, 3.8) is 0 Å². The highest BCUT2D eigenvalue weighted by Crippen LogP contribution is 2.00. The van der Waals surface area contributed by atoms with E-state index in [9.17, 15) is 4.79 Å². The van der Waals surface area contributed by atoms with Crippen molar-refractivity contribution in [3.8, 4) is 11.8 Å². The van der Waals surface area contributed by atoms with Gasteiger partial charge in [0.25, 0.3) is 5.91 Å². The third-order valence-electron chi connectivity index (χ3n) is 1.61. The van der Waals surface area contributed by atoms with Crippen molar-refractivity contribution in [2.24, 2.45) is 0 Å². The topological polar surface area (TPSA) is 42.0 Å². The number of hydrogen-bond acceptors (Lipinski definition) is 2. The SMILES string of the molecule is CC#Cc1cc(C(=O)NCC)ccn1. The molecule has 72 valence electrons. The van der Waals surface area contributed by atoms with Gasteiger partial charge in [0, 0.05) is 18.3 Å². The monoisotopic (exact) mass is 188 g/mol. The zero-order valence-electron chi connectivity index (χ0n) is 8.29. The van der Waals surface area contributed by atoms with Gasteiger partial charge in [-0.1, -0.05) is 5.92 Å². The Balaban J connectivity index is 2.91. The summed E-state index contributed by atoms with van der Waals surface area (Å²) in [6, 6.07) is 3.35. The number of carbonyl (C=O) groups excluding carboxylic acids is 1. The first-order valence-electron chi connectivity index (χ1n) is 4.45. The smallest absolute Gasteiger partial charge is 0.251 e. The summed E-state index contributed by atoms with van der Waals surface area (Å²) >= 11 is 0. The lowest BCUT2D eigenvalue weighted by atomic mass is 10.2. The summed E-state index contributed by atoms with van der Waals surface area (Å²) in [5.41, 5.74) is 1.22. The molecule has 0 fully saturated rings. The molecule has 0 unspecified atom stereocenters. The summed E-state index contributed by atoms with van der Waals surface area (Å²) in [5, 5.41) is 2.72. The molecule has 0 spiro atoms. The van der Waals surface area contributed by atoms with Gasteiger partial charge in [-0.2, -0.15) is 0 Å². The highest BCUT2D eigenvalue weighted by Gasteiger charge is 2.03. The molecular weight excluding hydrogens is 176 g/mol. The number of pyridine rings is 1. The first-order valence-corrected chi connectivity index (χ1v) is 4.45. The lowest BCUT2D eigenvalue weighted by Gasteiger charge is -2.01. The number of nitrogens with zero attached hydrogens (tertiary/aromatic N) is 1. The average molecular weight is 188 g/mol. The highest BCUT2D eigenvalue weighted by molar-refractivity contribution is 5.94. The van der Waals surface area contributed by atoms with Crippen molar-refractivity contribution >= 4 is 5.91 Å². The van der Waals surface area contributed by atoms with E-state index in [1.165, 1.54) is 0 Å². The second kappa shape index (κ2) is 5.03. The van der Waals surface area contributed by atoms with Gasteiger partial charge in [-0.05, 0) is 31.9 Å². The predicted molar refractivity (Wildman–Crippen MR) is 54.8 cm³/mol. The second-order valence-corrected chi connectivity index (χ2v) is 2.66. The Hall–Kier alpha value is -1.82. The molecule has 1 rings (SSSR count). The number of rotatable bonds is 2. The number of amides is 1. The molecule has 0 aromatic carbocycles. The predicted octanol–water partition coefficient (Wildman–Crippen LogP) is 1.20. The molecule has 3 nitrogen and oxygen atoms in total. The summed E-state index contributed by atoms with van der Waals surface area (Å²) in [5.74, 6) is 5.45. The van der Waals surface area contributed by atoms with Crippen LogP contribution < -0.4 is 5.32 Å². The fourth-order valence-electron chi connectivity index (χ4n) is 1.03. The Labute approximate surface area is 83.6 Å². The quantitative estimate of drug-likeness (QED) is 0.709. The lowest BCUT2D eigenvalue weighted by Crippen LogP contribution is -2.22.